The van der Waals surface area contributed by atoms with Crippen molar-refractivity contribution in [1.29, 1.82) is 0 Å². The van der Waals surface area contributed by atoms with E-state index in [4.69, 9.17) is 14.2 Å². The van der Waals surface area contributed by atoms with E-state index in [1.165, 1.54) is 5.56 Å². The number of rotatable bonds is 5. The van der Waals surface area contributed by atoms with E-state index >= 15 is 0 Å². The van der Waals surface area contributed by atoms with Crippen molar-refractivity contribution in [1.82, 2.24) is 20.0 Å². The molecular formula is C22H31N5O3. The molecule has 162 valence electrons. The first kappa shape index (κ1) is 20.5. The molecule has 0 radical (unpaired) electrons. The Bertz CT molecular complexity index is 910. The molecule has 0 spiro atoms. The van der Waals surface area contributed by atoms with Gasteiger partial charge in [0.05, 0.1) is 26.0 Å². The predicted octanol–water partition coefficient (Wildman–Crippen LogP) is 2.29. The van der Waals surface area contributed by atoms with E-state index in [9.17, 15) is 0 Å². The molecule has 0 bridgehead atoms. The summed E-state index contributed by atoms with van der Waals surface area (Å²) < 4.78 is 19.6. The average Bonchev–Trinajstić information content (AvgIpc) is 3.33. The molecule has 0 amide bonds. The van der Waals surface area contributed by atoms with Crippen molar-refractivity contribution in [2.45, 2.75) is 39.0 Å². The molecule has 1 aromatic carbocycles. The highest BCUT2D eigenvalue weighted by Crippen LogP contribution is 2.35. The summed E-state index contributed by atoms with van der Waals surface area (Å²) in [4.78, 5) is 6.73. The fourth-order valence-electron chi connectivity index (χ4n) is 4.07. The van der Waals surface area contributed by atoms with E-state index in [1.807, 2.05) is 33.4 Å². The number of hydrogen-bond acceptors (Lipinski definition) is 5. The molecule has 0 aliphatic carbocycles. The lowest BCUT2D eigenvalue weighted by atomic mass is 10.1. The fourth-order valence-corrected chi connectivity index (χ4v) is 4.07. The summed E-state index contributed by atoms with van der Waals surface area (Å²) >= 11 is 0. The van der Waals surface area contributed by atoms with Crippen LogP contribution in [0.2, 0.25) is 0 Å². The Hall–Kier alpha value is -2.74. The minimum absolute atomic E-state index is 0.0140. The SMILES string of the molecule is CCOc1cc2c(cc1CNC(=NC)N1CCOC(c3cnn(C)c3)C1)OC(C)C2. The zero-order valence-electron chi connectivity index (χ0n) is 18.2. The maximum Gasteiger partial charge on any atom is 0.194 e. The number of benzene rings is 1. The number of nitrogens with zero attached hydrogens (tertiary/aromatic N) is 4. The zero-order valence-corrected chi connectivity index (χ0v) is 18.2. The second-order valence-electron chi connectivity index (χ2n) is 7.79. The van der Waals surface area contributed by atoms with Gasteiger partial charge in [0.25, 0.3) is 0 Å². The number of nitrogens with one attached hydrogen (secondary N) is 1. The van der Waals surface area contributed by atoms with Crippen LogP contribution in [0.15, 0.2) is 29.5 Å². The van der Waals surface area contributed by atoms with Crippen molar-refractivity contribution in [2.75, 3.05) is 33.4 Å². The van der Waals surface area contributed by atoms with Crippen LogP contribution >= 0.6 is 0 Å². The minimum Gasteiger partial charge on any atom is -0.494 e. The predicted molar refractivity (Wildman–Crippen MR) is 115 cm³/mol. The first-order valence-electron chi connectivity index (χ1n) is 10.6. The smallest absolute Gasteiger partial charge is 0.194 e. The summed E-state index contributed by atoms with van der Waals surface area (Å²) in [6.07, 6.45) is 4.99. The molecule has 0 saturated carbocycles. The number of aryl methyl sites for hydroxylation is 1. The van der Waals surface area contributed by atoms with Gasteiger partial charge in [-0.25, -0.2) is 0 Å². The molecule has 4 rings (SSSR count). The molecule has 2 aliphatic heterocycles. The van der Waals surface area contributed by atoms with Gasteiger partial charge in [-0.3, -0.25) is 9.67 Å². The van der Waals surface area contributed by atoms with Crippen molar-refractivity contribution in [3.63, 3.8) is 0 Å². The van der Waals surface area contributed by atoms with Crippen LogP contribution in [0.5, 0.6) is 11.5 Å². The monoisotopic (exact) mass is 413 g/mol. The minimum atomic E-state index is -0.0140. The van der Waals surface area contributed by atoms with E-state index in [-0.39, 0.29) is 12.2 Å². The van der Waals surface area contributed by atoms with Gasteiger partial charge in [0.1, 0.15) is 23.7 Å². The summed E-state index contributed by atoms with van der Waals surface area (Å²) in [5.74, 6) is 2.72. The molecule has 1 aromatic heterocycles. The van der Waals surface area contributed by atoms with E-state index in [0.29, 0.717) is 19.8 Å². The Kier molecular flexibility index (Phi) is 6.13. The number of guanidine groups is 1. The normalized spacial score (nSPS) is 21.3. The van der Waals surface area contributed by atoms with Gasteiger partial charge in [-0.1, -0.05) is 0 Å². The van der Waals surface area contributed by atoms with Gasteiger partial charge < -0.3 is 24.4 Å². The van der Waals surface area contributed by atoms with Crippen molar-refractivity contribution in [3.05, 3.63) is 41.2 Å². The quantitative estimate of drug-likeness (QED) is 0.599. The Morgan fingerprint density at radius 1 is 1.40 bits per heavy atom. The second-order valence-corrected chi connectivity index (χ2v) is 7.79. The van der Waals surface area contributed by atoms with Gasteiger partial charge in [-0.15, -0.1) is 0 Å². The molecule has 30 heavy (non-hydrogen) atoms. The van der Waals surface area contributed by atoms with Crippen molar-refractivity contribution in [2.24, 2.45) is 12.0 Å². The molecule has 2 aliphatic rings. The molecule has 1 N–H and O–H groups in total. The van der Waals surface area contributed by atoms with E-state index < -0.39 is 0 Å². The van der Waals surface area contributed by atoms with Crippen LogP contribution in [-0.4, -0.2) is 60.1 Å². The van der Waals surface area contributed by atoms with Crippen LogP contribution in [0.3, 0.4) is 0 Å². The third-order valence-electron chi connectivity index (χ3n) is 5.49. The molecule has 2 atom stereocenters. The highest BCUT2D eigenvalue weighted by atomic mass is 16.5. The summed E-state index contributed by atoms with van der Waals surface area (Å²) in [5.41, 5.74) is 3.37. The molecule has 2 aromatic rings. The maximum atomic E-state index is 5.96. The number of morpholine rings is 1. The third kappa shape index (κ3) is 4.38. The number of fused-ring (bicyclic) bond motifs is 1. The molecule has 1 saturated heterocycles. The average molecular weight is 414 g/mol. The van der Waals surface area contributed by atoms with Crippen molar-refractivity contribution < 1.29 is 14.2 Å². The first-order valence-corrected chi connectivity index (χ1v) is 10.6. The zero-order chi connectivity index (χ0) is 21.1. The lowest BCUT2D eigenvalue weighted by Gasteiger charge is -2.34. The van der Waals surface area contributed by atoms with Crippen LogP contribution in [0.4, 0.5) is 0 Å². The standard InChI is InChI=1S/C22H31N5O3/c1-5-28-19-9-16-8-15(2)30-20(16)10-17(19)11-24-22(23-3)27-6-7-29-21(14-27)18-12-25-26(4)13-18/h9-10,12-13,15,21H,5-8,11,14H2,1-4H3,(H,23,24). The molecule has 8 nitrogen and oxygen atoms in total. The highest BCUT2D eigenvalue weighted by molar-refractivity contribution is 5.80. The lowest BCUT2D eigenvalue weighted by Crippen LogP contribution is -2.47. The van der Waals surface area contributed by atoms with Gasteiger partial charge in [-0.2, -0.15) is 5.10 Å². The third-order valence-corrected chi connectivity index (χ3v) is 5.49. The Balaban J connectivity index is 1.45. The molecule has 1 fully saturated rings. The van der Waals surface area contributed by atoms with E-state index in [0.717, 1.165) is 48.1 Å². The second kappa shape index (κ2) is 8.95. The highest BCUT2D eigenvalue weighted by Gasteiger charge is 2.26. The van der Waals surface area contributed by atoms with Crippen LogP contribution in [0.25, 0.3) is 0 Å². The number of aromatic nitrogens is 2. The lowest BCUT2D eigenvalue weighted by molar-refractivity contribution is -0.00805. The van der Waals surface area contributed by atoms with Crippen LogP contribution in [0, 0.1) is 0 Å². The van der Waals surface area contributed by atoms with Gasteiger partial charge in [0.2, 0.25) is 0 Å². The topological polar surface area (TPSA) is 73.1 Å². The Morgan fingerprint density at radius 2 is 2.27 bits per heavy atom. The van der Waals surface area contributed by atoms with Gasteiger partial charge in [0.15, 0.2) is 5.96 Å². The maximum absolute atomic E-state index is 5.96. The molecule has 8 heteroatoms. The Morgan fingerprint density at radius 3 is 3.00 bits per heavy atom. The summed E-state index contributed by atoms with van der Waals surface area (Å²) in [6, 6.07) is 4.22. The van der Waals surface area contributed by atoms with Crippen LogP contribution < -0.4 is 14.8 Å². The molecule has 3 heterocycles. The van der Waals surface area contributed by atoms with Gasteiger partial charge in [-0.05, 0) is 26.0 Å². The van der Waals surface area contributed by atoms with Gasteiger partial charge >= 0.3 is 0 Å². The van der Waals surface area contributed by atoms with Crippen LogP contribution in [0.1, 0.15) is 36.6 Å². The molecular weight excluding hydrogens is 382 g/mol. The summed E-state index contributed by atoms with van der Waals surface area (Å²) in [6.45, 7) is 7.52. The summed E-state index contributed by atoms with van der Waals surface area (Å²) in [5, 5.41) is 7.76. The number of aliphatic imine (C=N–C) groups is 1. The Labute approximate surface area is 177 Å². The van der Waals surface area contributed by atoms with E-state index in [2.05, 4.69) is 39.4 Å². The van der Waals surface area contributed by atoms with Crippen LogP contribution in [-0.2, 0) is 24.8 Å². The van der Waals surface area contributed by atoms with Gasteiger partial charge in [0, 0.05) is 56.5 Å². The molecule has 2 unspecified atom stereocenters. The summed E-state index contributed by atoms with van der Waals surface area (Å²) in [7, 11) is 3.73. The first-order chi connectivity index (χ1) is 14.6. The number of ether oxygens (including phenoxy) is 3. The van der Waals surface area contributed by atoms with Crippen molar-refractivity contribution in [3.8, 4) is 11.5 Å². The largest absolute Gasteiger partial charge is 0.494 e. The van der Waals surface area contributed by atoms with Crippen molar-refractivity contribution >= 4 is 5.96 Å². The van der Waals surface area contributed by atoms with E-state index in [1.54, 1.807) is 4.68 Å². The fraction of sp³-hybridized carbons (Fsp3) is 0.545. The number of hydrogen-bond donors (Lipinski definition) is 1.